The molecule has 0 amide bonds. The van der Waals surface area contributed by atoms with Crippen LogP contribution in [-0.4, -0.2) is 0 Å². The fourth-order valence-electron chi connectivity index (χ4n) is 2.04. The third kappa shape index (κ3) is 2.42. The van der Waals surface area contributed by atoms with Crippen molar-refractivity contribution in [2.75, 3.05) is 0 Å². The summed E-state index contributed by atoms with van der Waals surface area (Å²) in [5.41, 5.74) is 4.17. The van der Waals surface area contributed by atoms with Crippen molar-refractivity contribution in [2.45, 2.75) is 0 Å². The first kappa shape index (κ1) is 12.4. The molecule has 0 nitrogen and oxygen atoms in total. The van der Waals surface area contributed by atoms with Gasteiger partial charge in [-0.15, -0.1) is 0 Å². The van der Waals surface area contributed by atoms with E-state index in [0.717, 1.165) is 27.3 Å². The van der Waals surface area contributed by atoms with Gasteiger partial charge in [-0.1, -0.05) is 41.9 Å². The number of rotatable bonds is 2. The smallest absolute Gasteiger partial charge is 0.123 e. The lowest BCUT2D eigenvalue weighted by Gasteiger charge is -2.06. The largest absolute Gasteiger partial charge is 0.207 e. The molecule has 0 aliphatic carbocycles. The third-order valence-electron chi connectivity index (χ3n) is 2.98. The lowest BCUT2D eigenvalue weighted by atomic mass is 9.99. The number of hydrogen-bond acceptors (Lipinski definition) is 1. The van der Waals surface area contributed by atoms with E-state index >= 15 is 0 Å². The molecular weight excluding hydrogens is 279 g/mol. The summed E-state index contributed by atoms with van der Waals surface area (Å²) >= 11 is 7.86. The molecule has 0 saturated carbocycles. The first-order chi connectivity index (χ1) is 9.25. The highest BCUT2D eigenvalue weighted by Gasteiger charge is 2.11. The molecule has 3 aromatic rings. The van der Waals surface area contributed by atoms with Gasteiger partial charge >= 0.3 is 0 Å². The number of thiophene rings is 1. The summed E-state index contributed by atoms with van der Waals surface area (Å²) in [4.78, 5) is 0. The van der Waals surface area contributed by atoms with Crippen molar-refractivity contribution >= 4 is 22.9 Å². The average molecular weight is 289 g/mol. The van der Waals surface area contributed by atoms with Crippen LogP contribution in [0.2, 0.25) is 5.02 Å². The van der Waals surface area contributed by atoms with Gasteiger partial charge in [-0.2, -0.15) is 11.3 Å². The molecule has 0 radical (unpaired) electrons. The van der Waals surface area contributed by atoms with Gasteiger partial charge in [0.1, 0.15) is 5.82 Å². The Bertz CT molecular complexity index is 701. The zero-order chi connectivity index (χ0) is 13.2. The molecule has 1 aromatic heterocycles. The van der Waals surface area contributed by atoms with Crippen LogP contribution in [0.4, 0.5) is 4.39 Å². The molecule has 0 unspecified atom stereocenters. The first-order valence-corrected chi connectivity index (χ1v) is 7.15. The highest BCUT2D eigenvalue weighted by atomic mass is 35.5. The van der Waals surface area contributed by atoms with Gasteiger partial charge in [-0.25, -0.2) is 4.39 Å². The molecule has 94 valence electrons. The molecular formula is C16H10ClFS. The van der Waals surface area contributed by atoms with Crippen LogP contribution in [-0.2, 0) is 0 Å². The summed E-state index contributed by atoms with van der Waals surface area (Å²) in [7, 11) is 0. The van der Waals surface area contributed by atoms with Gasteiger partial charge < -0.3 is 0 Å². The summed E-state index contributed by atoms with van der Waals surface area (Å²) in [5, 5.41) is 4.86. The molecule has 3 rings (SSSR count). The van der Waals surface area contributed by atoms with Crippen LogP contribution in [0, 0.1) is 5.82 Å². The molecule has 0 saturated heterocycles. The van der Waals surface area contributed by atoms with Gasteiger partial charge in [-0.3, -0.25) is 0 Å². The second-order valence-electron chi connectivity index (χ2n) is 4.19. The summed E-state index contributed by atoms with van der Waals surface area (Å²) in [6.45, 7) is 0. The minimum atomic E-state index is -0.224. The van der Waals surface area contributed by atoms with Gasteiger partial charge in [-0.05, 0) is 34.5 Å². The fraction of sp³-hybridized carbons (Fsp3) is 0. The normalized spacial score (nSPS) is 10.6. The monoisotopic (exact) mass is 288 g/mol. The lowest BCUT2D eigenvalue weighted by molar-refractivity contribution is 0.628. The minimum absolute atomic E-state index is 0.224. The zero-order valence-corrected chi connectivity index (χ0v) is 11.5. The van der Waals surface area contributed by atoms with Crippen molar-refractivity contribution in [2.24, 2.45) is 0 Å². The SMILES string of the molecule is Fc1ccc(-c2cscc2-c2ccccc2Cl)cc1. The molecule has 3 heteroatoms. The van der Waals surface area contributed by atoms with Gasteiger partial charge in [0, 0.05) is 21.7 Å². The van der Waals surface area contributed by atoms with Crippen molar-refractivity contribution in [3.8, 4) is 22.3 Å². The third-order valence-corrected chi connectivity index (χ3v) is 4.05. The maximum absolute atomic E-state index is 13.0. The second kappa shape index (κ2) is 5.16. The van der Waals surface area contributed by atoms with E-state index < -0.39 is 0 Å². The van der Waals surface area contributed by atoms with Crippen LogP contribution < -0.4 is 0 Å². The van der Waals surface area contributed by atoms with E-state index in [2.05, 4.69) is 10.8 Å². The highest BCUT2D eigenvalue weighted by Crippen LogP contribution is 2.38. The fourth-order valence-corrected chi connectivity index (χ4v) is 3.13. The Kier molecular flexibility index (Phi) is 3.36. The van der Waals surface area contributed by atoms with Crippen LogP contribution in [0.15, 0.2) is 59.3 Å². The van der Waals surface area contributed by atoms with Gasteiger partial charge in [0.25, 0.3) is 0 Å². The van der Waals surface area contributed by atoms with E-state index in [9.17, 15) is 4.39 Å². The molecule has 0 N–H and O–H groups in total. The molecule has 0 fully saturated rings. The molecule has 0 atom stereocenters. The summed E-state index contributed by atoms with van der Waals surface area (Å²) in [5.74, 6) is -0.224. The predicted octanol–water partition coefficient (Wildman–Crippen LogP) is 5.87. The maximum atomic E-state index is 13.0. The molecule has 0 bridgehead atoms. The van der Waals surface area contributed by atoms with Crippen molar-refractivity contribution in [1.82, 2.24) is 0 Å². The summed E-state index contributed by atoms with van der Waals surface area (Å²) in [6.07, 6.45) is 0. The van der Waals surface area contributed by atoms with Crippen molar-refractivity contribution in [3.63, 3.8) is 0 Å². The molecule has 2 aromatic carbocycles. The van der Waals surface area contributed by atoms with Gasteiger partial charge in [0.2, 0.25) is 0 Å². The Balaban J connectivity index is 2.13. The lowest BCUT2D eigenvalue weighted by Crippen LogP contribution is -1.82. The van der Waals surface area contributed by atoms with E-state index in [4.69, 9.17) is 11.6 Å². The Labute approximate surface area is 120 Å². The first-order valence-electron chi connectivity index (χ1n) is 5.83. The van der Waals surface area contributed by atoms with Crippen molar-refractivity contribution in [1.29, 1.82) is 0 Å². The number of hydrogen-bond donors (Lipinski definition) is 0. The molecule has 0 aliphatic heterocycles. The van der Waals surface area contributed by atoms with E-state index in [-0.39, 0.29) is 5.82 Å². The van der Waals surface area contributed by atoms with Crippen molar-refractivity contribution in [3.05, 3.63) is 70.1 Å². The van der Waals surface area contributed by atoms with Crippen molar-refractivity contribution < 1.29 is 4.39 Å². The quantitative estimate of drug-likeness (QED) is 0.553. The average Bonchev–Trinajstić information content (AvgIpc) is 2.89. The topological polar surface area (TPSA) is 0 Å². The second-order valence-corrected chi connectivity index (χ2v) is 5.34. The standard InChI is InChI=1S/C16H10ClFS/c17-16-4-2-1-3-13(16)15-10-19-9-14(15)11-5-7-12(18)8-6-11/h1-10H. The predicted molar refractivity (Wildman–Crippen MR) is 80.2 cm³/mol. The highest BCUT2D eigenvalue weighted by molar-refractivity contribution is 7.08. The molecule has 0 spiro atoms. The molecule has 19 heavy (non-hydrogen) atoms. The molecule has 0 aliphatic rings. The Morgan fingerprint density at radius 1 is 0.789 bits per heavy atom. The van der Waals surface area contributed by atoms with Crippen LogP contribution in [0.5, 0.6) is 0 Å². The van der Waals surface area contributed by atoms with Gasteiger partial charge in [0.15, 0.2) is 0 Å². The Hall–Kier alpha value is -1.64. The van der Waals surface area contributed by atoms with Crippen LogP contribution >= 0.6 is 22.9 Å². The molecule has 1 heterocycles. The number of halogens is 2. The summed E-state index contributed by atoms with van der Waals surface area (Å²) in [6, 6.07) is 14.3. The van der Waals surface area contributed by atoms with Crippen LogP contribution in [0.25, 0.3) is 22.3 Å². The summed E-state index contributed by atoms with van der Waals surface area (Å²) < 4.78 is 13.0. The van der Waals surface area contributed by atoms with Gasteiger partial charge in [0.05, 0.1) is 0 Å². The minimum Gasteiger partial charge on any atom is -0.207 e. The Morgan fingerprint density at radius 3 is 2.21 bits per heavy atom. The maximum Gasteiger partial charge on any atom is 0.123 e. The Morgan fingerprint density at radius 2 is 1.47 bits per heavy atom. The van der Waals surface area contributed by atoms with Crippen LogP contribution in [0.3, 0.4) is 0 Å². The van der Waals surface area contributed by atoms with E-state index in [1.807, 2.05) is 24.3 Å². The van der Waals surface area contributed by atoms with E-state index in [0.29, 0.717) is 0 Å². The van der Waals surface area contributed by atoms with E-state index in [1.165, 1.54) is 12.1 Å². The van der Waals surface area contributed by atoms with Crippen LogP contribution in [0.1, 0.15) is 0 Å². The zero-order valence-electron chi connectivity index (χ0n) is 9.94. The van der Waals surface area contributed by atoms with E-state index in [1.54, 1.807) is 23.5 Å². The number of benzene rings is 2.